The van der Waals surface area contributed by atoms with Crippen LogP contribution in [0.1, 0.15) is 0 Å². The van der Waals surface area contributed by atoms with Crippen LogP contribution in [0, 0.1) is 0 Å². The summed E-state index contributed by atoms with van der Waals surface area (Å²) in [6, 6.07) is 46.8. The molecule has 6 rings (SSSR count). The van der Waals surface area contributed by atoms with Gasteiger partial charge in [0.05, 0.1) is 5.69 Å². The lowest BCUT2D eigenvalue weighted by atomic mass is 9.89. The molecule has 0 N–H and O–H groups in total. The maximum Gasteiger partial charge on any atom is 0.113 e. The molecule has 0 aromatic heterocycles. The fourth-order valence-corrected chi connectivity index (χ4v) is 4.87. The van der Waals surface area contributed by atoms with Gasteiger partial charge in [0.1, 0.15) is 7.85 Å². The summed E-state index contributed by atoms with van der Waals surface area (Å²) in [6.45, 7) is 0. The molecule has 6 aromatic rings. The standard InChI is InChI=1S/C32H22BN/c33-24-19-21-26(22-20-24)34(25-13-5-2-6-14-25)32-29-17-9-7-15-27(29)31(23-11-3-1-4-12-23)28-16-8-10-18-30(28)32/h1-22H. The molecule has 0 saturated heterocycles. The molecule has 0 amide bonds. The van der Waals surface area contributed by atoms with Gasteiger partial charge in [0.15, 0.2) is 0 Å². The highest BCUT2D eigenvalue weighted by molar-refractivity contribution is 6.32. The number of anilines is 3. The molecule has 34 heavy (non-hydrogen) atoms. The van der Waals surface area contributed by atoms with Crippen LogP contribution >= 0.6 is 0 Å². The van der Waals surface area contributed by atoms with Crippen LogP contribution in [-0.4, -0.2) is 7.85 Å². The summed E-state index contributed by atoms with van der Waals surface area (Å²) in [5.74, 6) is 0. The zero-order valence-electron chi connectivity index (χ0n) is 18.7. The molecule has 0 aliphatic rings. The first-order valence-corrected chi connectivity index (χ1v) is 11.5. The molecule has 0 aliphatic heterocycles. The molecule has 0 bridgehead atoms. The number of nitrogens with zero attached hydrogens (tertiary/aromatic N) is 1. The van der Waals surface area contributed by atoms with Crippen LogP contribution in [0.2, 0.25) is 0 Å². The van der Waals surface area contributed by atoms with Crippen LogP contribution in [0.15, 0.2) is 133 Å². The van der Waals surface area contributed by atoms with Crippen LogP contribution in [0.5, 0.6) is 0 Å². The summed E-state index contributed by atoms with van der Waals surface area (Å²) in [6.07, 6.45) is 0. The molecule has 0 spiro atoms. The van der Waals surface area contributed by atoms with Crippen LogP contribution in [-0.2, 0) is 0 Å². The molecule has 6 aromatic carbocycles. The van der Waals surface area contributed by atoms with E-state index in [-0.39, 0.29) is 0 Å². The Labute approximate surface area is 201 Å². The number of rotatable bonds is 4. The van der Waals surface area contributed by atoms with Gasteiger partial charge in [-0.1, -0.05) is 115 Å². The maximum absolute atomic E-state index is 6.05. The highest BCUT2D eigenvalue weighted by atomic mass is 15.1. The van der Waals surface area contributed by atoms with Crippen molar-refractivity contribution in [3.63, 3.8) is 0 Å². The quantitative estimate of drug-likeness (QED) is 0.202. The molecule has 0 heterocycles. The van der Waals surface area contributed by atoms with E-state index in [2.05, 4.69) is 126 Å². The molecule has 2 radical (unpaired) electrons. The second kappa shape index (κ2) is 8.57. The summed E-state index contributed by atoms with van der Waals surface area (Å²) < 4.78 is 0. The van der Waals surface area contributed by atoms with Crippen LogP contribution in [0.3, 0.4) is 0 Å². The Bertz CT molecular complexity index is 1530. The van der Waals surface area contributed by atoms with E-state index in [0.29, 0.717) is 0 Å². The highest BCUT2D eigenvalue weighted by Crippen LogP contribution is 2.47. The van der Waals surface area contributed by atoms with E-state index in [1.54, 1.807) is 0 Å². The topological polar surface area (TPSA) is 3.24 Å². The SMILES string of the molecule is [B]c1ccc(N(c2ccccc2)c2c3ccccc3c(-c3ccccc3)c3ccccc23)cc1. The second-order valence-corrected chi connectivity index (χ2v) is 8.44. The number of para-hydroxylation sites is 1. The van der Waals surface area contributed by atoms with Crippen molar-refractivity contribution in [1.29, 1.82) is 0 Å². The molecular weight excluding hydrogens is 409 g/mol. The smallest absolute Gasteiger partial charge is 0.113 e. The van der Waals surface area contributed by atoms with Gasteiger partial charge in [0, 0.05) is 22.1 Å². The molecule has 0 fully saturated rings. The molecule has 0 aliphatic carbocycles. The zero-order valence-corrected chi connectivity index (χ0v) is 18.7. The third-order valence-electron chi connectivity index (χ3n) is 6.35. The summed E-state index contributed by atoms with van der Waals surface area (Å²) in [5.41, 5.74) is 6.59. The van der Waals surface area contributed by atoms with E-state index in [9.17, 15) is 0 Å². The minimum atomic E-state index is 0.755. The van der Waals surface area contributed by atoms with E-state index in [1.165, 1.54) is 38.4 Å². The lowest BCUT2D eigenvalue weighted by molar-refractivity contribution is 1.31. The Balaban J connectivity index is 1.77. The number of benzene rings is 6. The van der Waals surface area contributed by atoms with Gasteiger partial charge in [-0.3, -0.25) is 0 Å². The zero-order chi connectivity index (χ0) is 22.9. The van der Waals surface area contributed by atoms with Crippen LogP contribution in [0.4, 0.5) is 17.1 Å². The van der Waals surface area contributed by atoms with Crippen molar-refractivity contribution in [1.82, 2.24) is 0 Å². The van der Waals surface area contributed by atoms with E-state index in [0.717, 1.165) is 16.8 Å². The first kappa shape index (κ1) is 20.3. The van der Waals surface area contributed by atoms with Gasteiger partial charge in [-0.05, 0) is 46.2 Å². The average molecular weight is 431 g/mol. The Morgan fingerprint density at radius 2 is 0.853 bits per heavy atom. The van der Waals surface area contributed by atoms with Gasteiger partial charge in [-0.15, -0.1) is 0 Å². The van der Waals surface area contributed by atoms with E-state index >= 15 is 0 Å². The van der Waals surface area contributed by atoms with Crippen molar-refractivity contribution < 1.29 is 0 Å². The van der Waals surface area contributed by atoms with Gasteiger partial charge in [0.25, 0.3) is 0 Å². The van der Waals surface area contributed by atoms with Crippen molar-refractivity contribution in [2.24, 2.45) is 0 Å². The Hall–Kier alpha value is -4.30. The Kier molecular flexibility index (Phi) is 5.12. The summed E-state index contributed by atoms with van der Waals surface area (Å²) in [7, 11) is 6.05. The van der Waals surface area contributed by atoms with Gasteiger partial charge in [-0.25, -0.2) is 0 Å². The number of hydrogen-bond donors (Lipinski definition) is 0. The molecular formula is C32H22BN. The van der Waals surface area contributed by atoms with Gasteiger partial charge in [-0.2, -0.15) is 0 Å². The normalized spacial score (nSPS) is 11.1. The molecule has 2 heteroatoms. The molecule has 1 nitrogen and oxygen atoms in total. The van der Waals surface area contributed by atoms with Crippen molar-refractivity contribution >= 4 is 51.9 Å². The summed E-state index contributed by atoms with van der Waals surface area (Å²) in [4.78, 5) is 2.35. The third-order valence-corrected chi connectivity index (χ3v) is 6.35. The van der Waals surface area contributed by atoms with Gasteiger partial charge >= 0.3 is 0 Å². The Morgan fingerprint density at radius 3 is 1.41 bits per heavy atom. The third kappa shape index (κ3) is 3.45. The molecule has 158 valence electrons. The largest absolute Gasteiger partial charge is 0.309 e. The molecule has 0 atom stereocenters. The van der Waals surface area contributed by atoms with Crippen molar-refractivity contribution in [3.05, 3.63) is 133 Å². The first-order chi connectivity index (χ1) is 16.8. The van der Waals surface area contributed by atoms with Gasteiger partial charge in [0.2, 0.25) is 0 Å². The predicted molar refractivity (Wildman–Crippen MR) is 147 cm³/mol. The fourth-order valence-electron chi connectivity index (χ4n) is 4.87. The monoisotopic (exact) mass is 431 g/mol. The van der Waals surface area contributed by atoms with Crippen molar-refractivity contribution in [2.45, 2.75) is 0 Å². The average Bonchev–Trinajstić information content (AvgIpc) is 2.90. The van der Waals surface area contributed by atoms with E-state index in [1.807, 2.05) is 12.1 Å². The van der Waals surface area contributed by atoms with Crippen LogP contribution < -0.4 is 10.4 Å². The van der Waals surface area contributed by atoms with E-state index in [4.69, 9.17) is 7.85 Å². The lowest BCUT2D eigenvalue weighted by Gasteiger charge is -2.29. The summed E-state index contributed by atoms with van der Waals surface area (Å²) >= 11 is 0. The minimum absolute atomic E-state index is 0.755. The molecule has 0 saturated carbocycles. The van der Waals surface area contributed by atoms with Gasteiger partial charge < -0.3 is 4.90 Å². The first-order valence-electron chi connectivity index (χ1n) is 11.5. The number of hydrogen-bond acceptors (Lipinski definition) is 1. The number of fused-ring (bicyclic) bond motifs is 2. The minimum Gasteiger partial charge on any atom is -0.309 e. The van der Waals surface area contributed by atoms with Crippen molar-refractivity contribution in [2.75, 3.05) is 4.90 Å². The van der Waals surface area contributed by atoms with E-state index < -0.39 is 0 Å². The maximum atomic E-state index is 6.05. The van der Waals surface area contributed by atoms with Crippen molar-refractivity contribution in [3.8, 4) is 11.1 Å². The molecule has 0 unspecified atom stereocenters. The summed E-state index contributed by atoms with van der Waals surface area (Å²) in [5, 5.41) is 4.89. The fraction of sp³-hybridized carbons (Fsp3) is 0. The highest BCUT2D eigenvalue weighted by Gasteiger charge is 2.21. The second-order valence-electron chi connectivity index (χ2n) is 8.44. The lowest BCUT2D eigenvalue weighted by Crippen LogP contribution is -2.12. The predicted octanol–water partition coefficient (Wildman–Crippen LogP) is 7.92. The Morgan fingerprint density at radius 1 is 0.412 bits per heavy atom. The van der Waals surface area contributed by atoms with Crippen LogP contribution in [0.25, 0.3) is 32.7 Å².